The number of anilines is 1. The summed E-state index contributed by atoms with van der Waals surface area (Å²) in [5, 5.41) is 9.94. The number of nitrogen functional groups attached to an aromatic ring is 1. The Hall–Kier alpha value is -3.15. The highest BCUT2D eigenvalue weighted by Gasteiger charge is 2.35. The maximum absolute atomic E-state index is 12.6. The van der Waals surface area contributed by atoms with Gasteiger partial charge in [-0.25, -0.2) is 9.97 Å². The molecule has 0 spiro atoms. The van der Waals surface area contributed by atoms with Crippen molar-refractivity contribution in [3.63, 3.8) is 0 Å². The lowest BCUT2D eigenvalue weighted by molar-refractivity contribution is 0.104. The van der Waals surface area contributed by atoms with Gasteiger partial charge in [0.25, 0.3) is 0 Å². The summed E-state index contributed by atoms with van der Waals surface area (Å²) in [5.41, 5.74) is 7.57. The van der Waals surface area contributed by atoms with E-state index < -0.39 is 0 Å². The predicted octanol–water partition coefficient (Wildman–Crippen LogP) is 2.24. The number of ketones is 1. The smallest absolute Gasteiger partial charge is 0.221 e. The second-order valence-electron chi connectivity index (χ2n) is 4.66. The number of nitrogens with two attached hydrogens (primary N) is 1. The number of hydrogen-bond acceptors (Lipinski definition) is 6. The second-order valence-corrected chi connectivity index (χ2v) is 4.66. The monoisotopic (exact) mass is 279 g/mol. The molecule has 1 aliphatic carbocycles. The molecule has 0 aliphatic heterocycles. The molecule has 0 bridgehead atoms. The van der Waals surface area contributed by atoms with E-state index in [1.807, 2.05) is 0 Å². The van der Waals surface area contributed by atoms with Crippen molar-refractivity contribution in [2.75, 3.05) is 5.73 Å². The van der Waals surface area contributed by atoms with E-state index >= 15 is 0 Å². The van der Waals surface area contributed by atoms with Crippen LogP contribution in [0.4, 0.5) is 5.95 Å². The minimum atomic E-state index is -0.329. The largest absolute Gasteiger partial charge is 0.507 e. The van der Waals surface area contributed by atoms with Crippen LogP contribution in [0, 0.1) is 0 Å². The first kappa shape index (κ1) is 11.7. The van der Waals surface area contributed by atoms with Gasteiger partial charge in [0.1, 0.15) is 11.4 Å². The molecular formula is C15H9N3O3. The quantitative estimate of drug-likeness (QED) is 0.554. The number of fused-ring (bicyclic) bond motifs is 3. The first-order valence-corrected chi connectivity index (χ1v) is 6.25. The summed E-state index contributed by atoms with van der Waals surface area (Å²) in [5.74, 6) is 0.0640. The van der Waals surface area contributed by atoms with Gasteiger partial charge in [0, 0.05) is 5.56 Å². The van der Waals surface area contributed by atoms with Crippen LogP contribution < -0.4 is 5.73 Å². The van der Waals surface area contributed by atoms with Gasteiger partial charge in [-0.2, -0.15) is 0 Å². The van der Waals surface area contributed by atoms with E-state index in [4.69, 9.17) is 10.2 Å². The third kappa shape index (κ3) is 1.50. The fourth-order valence-corrected chi connectivity index (χ4v) is 2.58. The standard InChI is InChI=1S/C15H9N3O3/c16-15-17-12-7-3-1-4-8(19)10(7)14(20)11(12)13(18-15)9-5-2-6-21-9/h1-6,19H,(H2,16,17,18). The van der Waals surface area contributed by atoms with Crippen LogP contribution in [0.2, 0.25) is 0 Å². The van der Waals surface area contributed by atoms with E-state index in [1.165, 1.54) is 12.3 Å². The van der Waals surface area contributed by atoms with E-state index in [1.54, 1.807) is 24.3 Å². The molecule has 3 N–H and O–H groups in total. The number of aromatic hydroxyl groups is 1. The van der Waals surface area contributed by atoms with E-state index in [2.05, 4.69) is 9.97 Å². The number of phenols is 1. The van der Waals surface area contributed by atoms with Gasteiger partial charge in [-0.15, -0.1) is 0 Å². The van der Waals surface area contributed by atoms with E-state index in [9.17, 15) is 9.90 Å². The van der Waals surface area contributed by atoms with Gasteiger partial charge in [-0.05, 0) is 18.2 Å². The molecule has 102 valence electrons. The van der Waals surface area contributed by atoms with Gasteiger partial charge in [0.15, 0.2) is 5.76 Å². The lowest BCUT2D eigenvalue weighted by atomic mass is 10.1. The van der Waals surface area contributed by atoms with Crippen molar-refractivity contribution in [2.24, 2.45) is 0 Å². The third-order valence-corrected chi connectivity index (χ3v) is 3.43. The Morgan fingerprint density at radius 3 is 2.62 bits per heavy atom. The molecule has 0 atom stereocenters. The lowest BCUT2D eigenvalue weighted by Crippen LogP contribution is -2.04. The number of carbonyl (C=O) groups is 1. The van der Waals surface area contributed by atoms with Crippen molar-refractivity contribution in [3.8, 4) is 28.5 Å². The van der Waals surface area contributed by atoms with E-state index in [0.29, 0.717) is 28.3 Å². The average molecular weight is 279 g/mol. The molecule has 4 rings (SSSR count). The number of hydrogen-bond donors (Lipinski definition) is 2. The Labute approximate surface area is 118 Å². The molecule has 0 radical (unpaired) electrons. The minimum Gasteiger partial charge on any atom is -0.507 e. The molecule has 0 unspecified atom stereocenters. The molecule has 2 aromatic heterocycles. The highest BCUT2D eigenvalue weighted by molar-refractivity contribution is 6.24. The average Bonchev–Trinajstić information content (AvgIpc) is 3.07. The van der Waals surface area contributed by atoms with Crippen molar-refractivity contribution in [3.05, 3.63) is 47.7 Å². The summed E-state index contributed by atoms with van der Waals surface area (Å²) in [4.78, 5) is 20.9. The Morgan fingerprint density at radius 2 is 1.86 bits per heavy atom. The zero-order chi connectivity index (χ0) is 14.6. The predicted molar refractivity (Wildman–Crippen MR) is 74.7 cm³/mol. The van der Waals surface area contributed by atoms with Gasteiger partial charge in [-0.3, -0.25) is 4.79 Å². The summed E-state index contributed by atoms with van der Waals surface area (Å²) < 4.78 is 5.32. The van der Waals surface area contributed by atoms with Crippen LogP contribution in [0.3, 0.4) is 0 Å². The van der Waals surface area contributed by atoms with Gasteiger partial charge < -0.3 is 15.3 Å². The molecule has 2 heterocycles. The SMILES string of the molecule is Nc1nc(-c2ccco2)c2c(n1)-c1cccc(O)c1C2=O. The first-order valence-electron chi connectivity index (χ1n) is 6.25. The van der Waals surface area contributed by atoms with Crippen LogP contribution >= 0.6 is 0 Å². The molecule has 3 aromatic rings. The Morgan fingerprint density at radius 1 is 1.05 bits per heavy atom. The van der Waals surface area contributed by atoms with Crippen molar-refractivity contribution in [1.29, 1.82) is 0 Å². The van der Waals surface area contributed by atoms with E-state index in [0.717, 1.165) is 0 Å². The number of benzene rings is 1. The Kier molecular flexibility index (Phi) is 2.18. The van der Waals surface area contributed by atoms with E-state index in [-0.39, 0.29) is 23.0 Å². The van der Waals surface area contributed by atoms with Gasteiger partial charge in [-0.1, -0.05) is 12.1 Å². The summed E-state index contributed by atoms with van der Waals surface area (Å²) >= 11 is 0. The second kappa shape index (κ2) is 3.92. The van der Waals surface area contributed by atoms with Gasteiger partial charge >= 0.3 is 0 Å². The normalized spacial score (nSPS) is 12.3. The van der Waals surface area contributed by atoms with Crippen LogP contribution in [-0.4, -0.2) is 20.9 Å². The number of aromatic nitrogens is 2. The number of phenolic OH excluding ortho intramolecular Hbond substituents is 1. The van der Waals surface area contributed by atoms with Crippen molar-refractivity contribution < 1.29 is 14.3 Å². The molecule has 0 saturated carbocycles. The minimum absolute atomic E-state index is 0.0455. The highest BCUT2D eigenvalue weighted by Crippen LogP contribution is 2.43. The molecule has 6 nitrogen and oxygen atoms in total. The van der Waals surface area contributed by atoms with Gasteiger partial charge in [0.2, 0.25) is 11.7 Å². The summed E-state index contributed by atoms with van der Waals surface area (Å²) in [6.45, 7) is 0. The first-order chi connectivity index (χ1) is 10.2. The Balaban J connectivity index is 2.09. The molecule has 0 saturated heterocycles. The summed E-state index contributed by atoms with van der Waals surface area (Å²) in [6, 6.07) is 8.23. The lowest BCUT2D eigenvalue weighted by Gasteiger charge is -2.04. The van der Waals surface area contributed by atoms with Crippen LogP contribution in [0.25, 0.3) is 22.7 Å². The number of furan rings is 1. The fourth-order valence-electron chi connectivity index (χ4n) is 2.58. The number of nitrogens with zero attached hydrogens (tertiary/aromatic N) is 2. The molecule has 0 amide bonds. The zero-order valence-electron chi connectivity index (χ0n) is 10.7. The van der Waals surface area contributed by atoms with Crippen molar-refractivity contribution >= 4 is 11.7 Å². The molecule has 6 heteroatoms. The molecule has 1 aromatic carbocycles. The molecule has 0 fully saturated rings. The topological polar surface area (TPSA) is 102 Å². The molecule has 21 heavy (non-hydrogen) atoms. The van der Waals surface area contributed by atoms with Crippen LogP contribution in [0.15, 0.2) is 41.0 Å². The maximum atomic E-state index is 12.6. The van der Waals surface area contributed by atoms with Gasteiger partial charge in [0.05, 0.1) is 23.1 Å². The van der Waals surface area contributed by atoms with Crippen molar-refractivity contribution in [1.82, 2.24) is 9.97 Å². The fraction of sp³-hybridized carbons (Fsp3) is 0. The van der Waals surface area contributed by atoms with Crippen LogP contribution in [-0.2, 0) is 0 Å². The van der Waals surface area contributed by atoms with Crippen LogP contribution in [0.5, 0.6) is 5.75 Å². The molecular weight excluding hydrogens is 270 g/mol. The molecule has 1 aliphatic rings. The Bertz CT molecular complexity index is 885. The maximum Gasteiger partial charge on any atom is 0.221 e. The van der Waals surface area contributed by atoms with Crippen LogP contribution in [0.1, 0.15) is 15.9 Å². The highest BCUT2D eigenvalue weighted by atomic mass is 16.3. The zero-order valence-corrected chi connectivity index (χ0v) is 10.7. The summed E-state index contributed by atoms with van der Waals surface area (Å²) in [6.07, 6.45) is 1.49. The van der Waals surface area contributed by atoms with Crippen molar-refractivity contribution in [2.45, 2.75) is 0 Å². The number of rotatable bonds is 1. The number of carbonyl (C=O) groups excluding carboxylic acids is 1. The third-order valence-electron chi connectivity index (χ3n) is 3.43. The summed E-state index contributed by atoms with van der Waals surface area (Å²) in [7, 11) is 0.